The van der Waals surface area contributed by atoms with Gasteiger partial charge in [-0.15, -0.1) is 0 Å². The molecule has 17 heavy (non-hydrogen) atoms. The Hall–Kier alpha value is -1.77. The summed E-state index contributed by atoms with van der Waals surface area (Å²) < 4.78 is 0. The van der Waals surface area contributed by atoms with Crippen LogP contribution in [0.5, 0.6) is 0 Å². The van der Waals surface area contributed by atoms with Crippen LogP contribution in [0.15, 0.2) is 35.6 Å². The van der Waals surface area contributed by atoms with E-state index in [2.05, 4.69) is 34.5 Å². The predicted molar refractivity (Wildman–Crippen MR) is 68.7 cm³/mol. The quantitative estimate of drug-likeness (QED) is 0.568. The van der Waals surface area contributed by atoms with Gasteiger partial charge in [0.05, 0.1) is 5.71 Å². The topological polar surface area (TPSA) is 48.4 Å². The van der Waals surface area contributed by atoms with Gasteiger partial charge in [-0.2, -0.15) is 0 Å². The summed E-state index contributed by atoms with van der Waals surface area (Å²) in [5.41, 5.74) is 3.49. The molecule has 1 saturated carbocycles. The van der Waals surface area contributed by atoms with Gasteiger partial charge in [-0.05, 0) is 43.2 Å². The molecule has 1 aliphatic rings. The van der Waals surface area contributed by atoms with Crippen molar-refractivity contribution in [2.75, 3.05) is 0 Å². The zero-order chi connectivity index (χ0) is 11.7. The zero-order valence-corrected chi connectivity index (χ0v) is 9.69. The number of fused-ring (bicyclic) bond motifs is 1. The van der Waals surface area contributed by atoms with Gasteiger partial charge < -0.3 is 10.2 Å². The monoisotopic (exact) mass is 228 g/mol. The van der Waals surface area contributed by atoms with Crippen LogP contribution >= 0.6 is 0 Å². The third-order valence-electron chi connectivity index (χ3n) is 3.70. The van der Waals surface area contributed by atoms with Crippen molar-refractivity contribution in [3.8, 4) is 0 Å². The van der Waals surface area contributed by atoms with E-state index in [1.54, 1.807) is 0 Å². The van der Waals surface area contributed by atoms with Gasteiger partial charge in [-0.3, -0.25) is 0 Å². The minimum atomic E-state index is 0.491. The summed E-state index contributed by atoms with van der Waals surface area (Å²) in [5.74, 6) is 0.491. The maximum absolute atomic E-state index is 8.90. The molecule has 1 aliphatic carbocycles. The molecule has 1 heterocycles. The average Bonchev–Trinajstić information content (AvgIpc) is 2.82. The number of hydrogen-bond donors (Lipinski definition) is 2. The second-order valence-electron chi connectivity index (χ2n) is 4.75. The van der Waals surface area contributed by atoms with E-state index in [0.717, 1.165) is 25.0 Å². The second kappa shape index (κ2) is 4.24. The van der Waals surface area contributed by atoms with Gasteiger partial charge >= 0.3 is 0 Å². The molecule has 2 aromatic rings. The van der Waals surface area contributed by atoms with Crippen molar-refractivity contribution in [1.82, 2.24) is 4.98 Å². The van der Waals surface area contributed by atoms with Crippen LogP contribution in [0.25, 0.3) is 10.9 Å². The average molecular weight is 228 g/mol. The first-order chi connectivity index (χ1) is 8.38. The van der Waals surface area contributed by atoms with Crippen molar-refractivity contribution in [2.45, 2.75) is 31.6 Å². The van der Waals surface area contributed by atoms with E-state index in [1.165, 1.54) is 22.9 Å². The van der Waals surface area contributed by atoms with E-state index < -0.39 is 0 Å². The lowest BCUT2D eigenvalue weighted by atomic mass is 9.83. The molecule has 0 aliphatic heterocycles. The third kappa shape index (κ3) is 1.82. The van der Waals surface area contributed by atoms with E-state index >= 15 is 0 Å². The summed E-state index contributed by atoms with van der Waals surface area (Å²) in [5, 5.41) is 13.6. The summed E-state index contributed by atoms with van der Waals surface area (Å²) in [6, 6.07) is 8.38. The Balaban J connectivity index is 1.98. The Labute approximate surface area is 100 Å². The highest BCUT2D eigenvalue weighted by atomic mass is 16.4. The summed E-state index contributed by atoms with van der Waals surface area (Å²) >= 11 is 0. The number of oxime groups is 1. The Morgan fingerprint density at radius 1 is 1.29 bits per heavy atom. The second-order valence-corrected chi connectivity index (χ2v) is 4.75. The van der Waals surface area contributed by atoms with Crippen LogP contribution in [0.1, 0.15) is 37.2 Å². The van der Waals surface area contributed by atoms with Crippen molar-refractivity contribution >= 4 is 16.6 Å². The Kier molecular flexibility index (Phi) is 2.59. The van der Waals surface area contributed by atoms with Crippen LogP contribution in [0.2, 0.25) is 0 Å². The lowest BCUT2D eigenvalue weighted by Gasteiger charge is -2.22. The van der Waals surface area contributed by atoms with Gasteiger partial charge in [-0.1, -0.05) is 23.4 Å². The Morgan fingerprint density at radius 3 is 3.06 bits per heavy atom. The smallest absolute Gasteiger partial charge is 0.0576 e. The maximum atomic E-state index is 8.90. The van der Waals surface area contributed by atoms with E-state index in [9.17, 15) is 0 Å². The van der Waals surface area contributed by atoms with Crippen molar-refractivity contribution in [2.24, 2.45) is 5.16 Å². The molecule has 0 radical (unpaired) electrons. The van der Waals surface area contributed by atoms with Crippen LogP contribution in [-0.2, 0) is 0 Å². The number of para-hydroxylation sites is 1. The molecule has 0 bridgehead atoms. The number of hydrogen-bond acceptors (Lipinski definition) is 2. The van der Waals surface area contributed by atoms with Gasteiger partial charge in [0.15, 0.2) is 0 Å². The van der Waals surface area contributed by atoms with E-state index in [-0.39, 0.29) is 0 Å². The summed E-state index contributed by atoms with van der Waals surface area (Å²) in [4.78, 5) is 3.32. The molecule has 1 aromatic carbocycles. The van der Waals surface area contributed by atoms with Crippen LogP contribution in [0.4, 0.5) is 0 Å². The van der Waals surface area contributed by atoms with Gasteiger partial charge in [0.1, 0.15) is 0 Å². The normalized spacial score (nSPS) is 23.3. The number of benzene rings is 1. The Bertz CT molecular complexity index is 556. The summed E-state index contributed by atoms with van der Waals surface area (Å²) in [6.45, 7) is 0. The number of rotatable bonds is 1. The first-order valence-corrected chi connectivity index (χ1v) is 6.14. The van der Waals surface area contributed by atoms with E-state index in [4.69, 9.17) is 5.21 Å². The number of nitrogens with one attached hydrogen (secondary N) is 1. The molecular weight excluding hydrogens is 212 g/mol. The number of nitrogens with zero attached hydrogens (tertiary/aromatic N) is 1. The van der Waals surface area contributed by atoms with E-state index in [1.807, 2.05) is 6.07 Å². The molecular formula is C14H16N2O. The fourth-order valence-corrected chi connectivity index (χ4v) is 2.83. The van der Waals surface area contributed by atoms with Crippen LogP contribution < -0.4 is 0 Å². The van der Waals surface area contributed by atoms with Crippen LogP contribution in [-0.4, -0.2) is 15.9 Å². The van der Waals surface area contributed by atoms with Crippen molar-refractivity contribution in [3.63, 3.8) is 0 Å². The van der Waals surface area contributed by atoms with Crippen LogP contribution in [0, 0.1) is 0 Å². The first-order valence-electron chi connectivity index (χ1n) is 6.14. The molecule has 0 saturated heterocycles. The summed E-state index contributed by atoms with van der Waals surface area (Å²) in [6.07, 6.45) is 6.23. The lowest BCUT2D eigenvalue weighted by molar-refractivity contribution is 0.313. The van der Waals surface area contributed by atoms with Crippen LogP contribution in [0.3, 0.4) is 0 Å². The molecule has 1 fully saturated rings. The standard InChI is InChI=1S/C14H16N2O/c17-16-11-5-3-4-10(8-11)13-9-15-14-7-2-1-6-12(13)14/h1-2,6-7,9-10,15,17H,3-5,8H2. The SMILES string of the molecule is ON=C1CCCC(c2c[nH]c3ccccc23)C1. The largest absolute Gasteiger partial charge is 0.411 e. The highest BCUT2D eigenvalue weighted by molar-refractivity contribution is 5.88. The molecule has 0 amide bonds. The number of H-pyrrole nitrogens is 1. The maximum Gasteiger partial charge on any atom is 0.0576 e. The highest BCUT2D eigenvalue weighted by Crippen LogP contribution is 2.35. The van der Waals surface area contributed by atoms with Crippen molar-refractivity contribution in [3.05, 3.63) is 36.0 Å². The predicted octanol–water partition coefficient (Wildman–Crippen LogP) is 3.66. The lowest BCUT2D eigenvalue weighted by Crippen LogP contribution is -2.13. The minimum absolute atomic E-state index is 0.491. The molecule has 3 heteroatoms. The number of aromatic nitrogens is 1. The van der Waals surface area contributed by atoms with Crippen molar-refractivity contribution in [1.29, 1.82) is 0 Å². The minimum Gasteiger partial charge on any atom is -0.411 e. The fraction of sp³-hybridized carbons (Fsp3) is 0.357. The molecule has 3 rings (SSSR count). The molecule has 0 spiro atoms. The van der Waals surface area contributed by atoms with E-state index in [0.29, 0.717) is 5.92 Å². The molecule has 2 N–H and O–H groups in total. The fourth-order valence-electron chi connectivity index (χ4n) is 2.83. The third-order valence-corrected chi connectivity index (χ3v) is 3.70. The Morgan fingerprint density at radius 2 is 2.18 bits per heavy atom. The molecule has 3 nitrogen and oxygen atoms in total. The molecule has 88 valence electrons. The zero-order valence-electron chi connectivity index (χ0n) is 9.69. The molecule has 1 atom stereocenters. The van der Waals surface area contributed by atoms with Gasteiger partial charge in [0, 0.05) is 17.1 Å². The molecule has 1 aromatic heterocycles. The highest BCUT2D eigenvalue weighted by Gasteiger charge is 2.22. The van der Waals surface area contributed by atoms with Gasteiger partial charge in [-0.25, -0.2) is 0 Å². The first kappa shape index (κ1) is 10.4. The molecule has 1 unspecified atom stereocenters. The van der Waals surface area contributed by atoms with Gasteiger partial charge in [0.25, 0.3) is 0 Å². The summed E-state index contributed by atoms with van der Waals surface area (Å²) in [7, 11) is 0. The number of aromatic amines is 1. The van der Waals surface area contributed by atoms with Crippen molar-refractivity contribution < 1.29 is 5.21 Å². The van der Waals surface area contributed by atoms with Gasteiger partial charge in [0.2, 0.25) is 0 Å².